The molecule has 1 rings (SSSR count). The first-order valence-electron chi connectivity index (χ1n) is 6.35. The number of rotatable bonds is 8. The molecule has 0 bridgehead atoms. The summed E-state index contributed by atoms with van der Waals surface area (Å²) in [5.41, 5.74) is 0.0924. The van der Waals surface area contributed by atoms with E-state index in [0.717, 1.165) is 0 Å². The van der Waals surface area contributed by atoms with Crippen molar-refractivity contribution in [2.75, 3.05) is 32.1 Å². The maximum atomic E-state index is 11.7. The minimum absolute atomic E-state index is 0.0849. The van der Waals surface area contributed by atoms with Crippen LogP contribution in [0.25, 0.3) is 0 Å². The summed E-state index contributed by atoms with van der Waals surface area (Å²) in [5, 5.41) is 9.66. The van der Waals surface area contributed by atoms with Gasteiger partial charge < -0.3 is 15.4 Å². The normalized spacial score (nSPS) is 10.3. The molecule has 0 spiro atoms. The molecule has 0 aliphatic rings. The molecule has 2 N–H and O–H groups in total. The SMILES string of the molecule is CCn1ncc(NCCC(=O)NCCOC)c(Cl)c1=O. The van der Waals surface area contributed by atoms with Crippen LogP contribution >= 0.6 is 11.6 Å². The molecule has 1 aromatic rings. The van der Waals surface area contributed by atoms with Gasteiger partial charge in [-0.3, -0.25) is 9.59 Å². The van der Waals surface area contributed by atoms with Crippen molar-refractivity contribution in [2.45, 2.75) is 19.9 Å². The maximum absolute atomic E-state index is 11.7. The third-order valence-electron chi connectivity index (χ3n) is 2.58. The Balaban J connectivity index is 2.45. The molecule has 0 aliphatic heterocycles. The Labute approximate surface area is 122 Å². The highest BCUT2D eigenvalue weighted by Gasteiger charge is 2.08. The molecule has 0 unspecified atom stereocenters. The average molecular weight is 303 g/mol. The number of aryl methyl sites for hydroxylation is 1. The van der Waals surface area contributed by atoms with Gasteiger partial charge in [0.2, 0.25) is 5.91 Å². The standard InChI is InChI=1S/C12H19ClN4O3/c1-3-17-12(19)11(13)9(8-16-17)14-5-4-10(18)15-6-7-20-2/h8,14H,3-7H2,1-2H3,(H,15,18). The zero-order valence-corrected chi connectivity index (χ0v) is 12.4. The Morgan fingerprint density at radius 3 is 2.90 bits per heavy atom. The highest BCUT2D eigenvalue weighted by atomic mass is 35.5. The summed E-state index contributed by atoms with van der Waals surface area (Å²) in [5.74, 6) is -0.0967. The lowest BCUT2D eigenvalue weighted by Crippen LogP contribution is -2.29. The molecule has 0 atom stereocenters. The minimum Gasteiger partial charge on any atom is -0.383 e. The Morgan fingerprint density at radius 1 is 1.50 bits per heavy atom. The smallest absolute Gasteiger partial charge is 0.287 e. The van der Waals surface area contributed by atoms with Crippen LogP contribution in [0.4, 0.5) is 5.69 Å². The predicted octanol–water partition coefficient (Wildman–Crippen LogP) is 0.481. The number of halogens is 1. The van der Waals surface area contributed by atoms with Crippen molar-refractivity contribution in [3.63, 3.8) is 0 Å². The molecule has 8 heteroatoms. The first-order valence-corrected chi connectivity index (χ1v) is 6.73. The van der Waals surface area contributed by atoms with Gasteiger partial charge in [-0.05, 0) is 6.92 Å². The zero-order chi connectivity index (χ0) is 15.0. The first kappa shape index (κ1) is 16.5. The number of carbonyl (C=O) groups excluding carboxylic acids is 1. The molecular weight excluding hydrogens is 284 g/mol. The van der Waals surface area contributed by atoms with Crippen molar-refractivity contribution < 1.29 is 9.53 Å². The van der Waals surface area contributed by atoms with Crippen LogP contribution in [0.5, 0.6) is 0 Å². The second kappa shape index (κ2) is 8.55. The molecule has 0 aliphatic carbocycles. The minimum atomic E-state index is -0.344. The molecule has 20 heavy (non-hydrogen) atoms. The van der Waals surface area contributed by atoms with Gasteiger partial charge in [0, 0.05) is 33.2 Å². The number of anilines is 1. The summed E-state index contributed by atoms with van der Waals surface area (Å²) in [4.78, 5) is 23.2. The lowest BCUT2D eigenvalue weighted by molar-refractivity contribution is -0.121. The van der Waals surface area contributed by atoms with Gasteiger partial charge in [-0.15, -0.1) is 0 Å². The second-order valence-electron chi connectivity index (χ2n) is 4.01. The number of amides is 1. The maximum Gasteiger partial charge on any atom is 0.287 e. The molecular formula is C12H19ClN4O3. The second-order valence-corrected chi connectivity index (χ2v) is 4.39. The van der Waals surface area contributed by atoms with Crippen LogP contribution in [0, 0.1) is 0 Å². The Morgan fingerprint density at radius 2 is 2.25 bits per heavy atom. The summed E-state index contributed by atoms with van der Waals surface area (Å²) in [6, 6.07) is 0. The number of nitrogens with one attached hydrogen (secondary N) is 2. The number of hydrogen-bond acceptors (Lipinski definition) is 5. The lowest BCUT2D eigenvalue weighted by Gasteiger charge is -2.09. The topological polar surface area (TPSA) is 85.2 Å². The van der Waals surface area contributed by atoms with Gasteiger partial charge in [-0.25, -0.2) is 4.68 Å². The molecule has 0 aromatic carbocycles. The Bertz CT molecular complexity index is 504. The summed E-state index contributed by atoms with van der Waals surface area (Å²) in [6.45, 7) is 3.59. The van der Waals surface area contributed by atoms with E-state index in [0.29, 0.717) is 31.9 Å². The molecule has 112 valence electrons. The fourth-order valence-corrected chi connectivity index (χ4v) is 1.72. The molecule has 0 radical (unpaired) electrons. The Hall–Kier alpha value is -1.60. The van der Waals surface area contributed by atoms with E-state index in [2.05, 4.69) is 15.7 Å². The van der Waals surface area contributed by atoms with Gasteiger partial charge in [-0.1, -0.05) is 11.6 Å². The highest BCUT2D eigenvalue weighted by Crippen LogP contribution is 2.14. The first-order chi connectivity index (χ1) is 9.60. The predicted molar refractivity (Wildman–Crippen MR) is 77.2 cm³/mol. The average Bonchev–Trinajstić information content (AvgIpc) is 2.44. The van der Waals surface area contributed by atoms with Gasteiger partial charge in [0.15, 0.2) is 0 Å². The van der Waals surface area contributed by atoms with Crippen molar-refractivity contribution in [1.82, 2.24) is 15.1 Å². The monoisotopic (exact) mass is 302 g/mol. The molecule has 7 nitrogen and oxygen atoms in total. The van der Waals surface area contributed by atoms with E-state index in [4.69, 9.17) is 16.3 Å². The van der Waals surface area contributed by atoms with E-state index >= 15 is 0 Å². The molecule has 1 amide bonds. The van der Waals surface area contributed by atoms with E-state index in [9.17, 15) is 9.59 Å². The van der Waals surface area contributed by atoms with Crippen LogP contribution in [0.15, 0.2) is 11.0 Å². The van der Waals surface area contributed by atoms with Crippen LogP contribution in [0.2, 0.25) is 5.02 Å². The third-order valence-corrected chi connectivity index (χ3v) is 2.95. The quantitative estimate of drug-likeness (QED) is 0.682. The van der Waals surface area contributed by atoms with Crippen LogP contribution in [0.1, 0.15) is 13.3 Å². The number of ether oxygens (including phenoxy) is 1. The summed E-state index contributed by atoms with van der Waals surface area (Å²) < 4.78 is 6.09. The summed E-state index contributed by atoms with van der Waals surface area (Å²) >= 11 is 5.94. The van der Waals surface area contributed by atoms with E-state index < -0.39 is 0 Å². The van der Waals surface area contributed by atoms with Crippen molar-refractivity contribution >= 4 is 23.2 Å². The van der Waals surface area contributed by atoms with Crippen molar-refractivity contribution in [3.05, 3.63) is 21.6 Å². The zero-order valence-electron chi connectivity index (χ0n) is 11.6. The number of methoxy groups -OCH3 is 1. The molecule has 1 heterocycles. The fourth-order valence-electron chi connectivity index (χ4n) is 1.51. The number of nitrogens with zero attached hydrogens (tertiary/aromatic N) is 2. The van der Waals surface area contributed by atoms with E-state index in [-0.39, 0.29) is 22.9 Å². The van der Waals surface area contributed by atoms with Crippen molar-refractivity contribution in [1.29, 1.82) is 0 Å². The molecule has 0 fully saturated rings. The van der Waals surface area contributed by atoms with Crippen molar-refractivity contribution in [2.24, 2.45) is 0 Å². The van der Waals surface area contributed by atoms with E-state index in [1.54, 1.807) is 7.11 Å². The summed E-state index contributed by atoms with van der Waals surface area (Å²) in [6.07, 6.45) is 1.76. The molecule has 0 saturated carbocycles. The summed E-state index contributed by atoms with van der Waals surface area (Å²) in [7, 11) is 1.57. The van der Waals surface area contributed by atoms with Crippen LogP contribution < -0.4 is 16.2 Å². The number of aromatic nitrogens is 2. The van der Waals surface area contributed by atoms with Gasteiger partial charge in [0.25, 0.3) is 5.56 Å². The van der Waals surface area contributed by atoms with Gasteiger partial charge in [-0.2, -0.15) is 5.10 Å². The van der Waals surface area contributed by atoms with Crippen LogP contribution in [0.3, 0.4) is 0 Å². The fraction of sp³-hybridized carbons (Fsp3) is 0.583. The molecule has 0 saturated heterocycles. The third kappa shape index (κ3) is 4.82. The Kier molecular flexibility index (Phi) is 7.03. The highest BCUT2D eigenvalue weighted by molar-refractivity contribution is 6.32. The number of hydrogen-bond donors (Lipinski definition) is 2. The molecule has 1 aromatic heterocycles. The van der Waals surface area contributed by atoms with Gasteiger partial charge >= 0.3 is 0 Å². The van der Waals surface area contributed by atoms with Crippen LogP contribution in [-0.4, -0.2) is 42.5 Å². The van der Waals surface area contributed by atoms with E-state index in [1.807, 2.05) is 6.92 Å². The largest absolute Gasteiger partial charge is 0.383 e. The van der Waals surface area contributed by atoms with E-state index in [1.165, 1.54) is 10.9 Å². The van der Waals surface area contributed by atoms with Crippen LogP contribution in [-0.2, 0) is 16.1 Å². The van der Waals surface area contributed by atoms with Gasteiger partial charge in [0.05, 0.1) is 18.5 Å². The van der Waals surface area contributed by atoms with Gasteiger partial charge in [0.1, 0.15) is 5.02 Å². The lowest BCUT2D eigenvalue weighted by atomic mass is 10.3. The van der Waals surface area contributed by atoms with Crippen molar-refractivity contribution in [3.8, 4) is 0 Å². The number of carbonyl (C=O) groups is 1.